The number of nitrogens with zero attached hydrogens (tertiary/aromatic N) is 1. The van der Waals surface area contributed by atoms with Gasteiger partial charge in [0.25, 0.3) is 0 Å². The van der Waals surface area contributed by atoms with Crippen molar-refractivity contribution in [3.63, 3.8) is 0 Å². The Morgan fingerprint density at radius 3 is 2.33 bits per heavy atom. The molecule has 0 aromatic carbocycles. The highest BCUT2D eigenvalue weighted by Crippen LogP contribution is 2.14. The monoisotopic (exact) mass is 247 g/mol. The molecule has 0 fully saturated rings. The number of aliphatic carboxylic acids is 2. The Morgan fingerprint density at radius 2 is 1.78 bits per heavy atom. The first-order valence-electron chi connectivity index (χ1n) is 5.22. The number of hydrogen-bond donors (Lipinski definition) is 2. The summed E-state index contributed by atoms with van der Waals surface area (Å²) in [7, 11) is 0. The van der Waals surface area contributed by atoms with Gasteiger partial charge in [0.1, 0.15) is 0 Å². The smallest absolute Gasteiger partial charge is 0.328 e. The molecule has 0 saturated carbocycles. The van der Waals surface area contributed by atoms with Gasteiger partial charge in [0.05, 0.1) is 0 Å². The zero-order valence-electron chi connectivity index (χ0n) is 9.56. The van der Waals surface area contributed by atoms with Crippen LogP contribution >= 0.6 is 0 Å². The van der Waals surface area contributed by atoms with E-state index in [4.69, 9.17) is 10.2 Å². The van der Waals surface area contributed by atoms with E-state index < -0.39 is 11.9 Å². The van der Waals surface area contributed by atoms with E-state index >= 15 is 0 Å². The summed E-state index contributed by atoms with van der Waals surface area (Å²) in [6, 6.07) is 0. The van der Waals surface area contributed by atoms with Crippen molar-refractivity contribution in [1.29, 1.82) is 0 Å². The second kappa shape index (κ2) is 6.90. The van der Waals surface area contributed by atoms with Crippen molar-refractivity contribution >= 4 is 11.9 Å². The minimum atomic E-state index is -1.26. The number of hydrogen-bond acceptors (Lipinski definition) is 3. The van der Waals surface area contributed by atoms with Gasteiger partial charge < -0.3 is 15.1 Å². The third-order valence-corrected chi connectivity index (χ3v) is 2.05. The van der Waals surface area contributed by atoms with Gasteiger partial charge in [-0.25, -0.2) is 9.59 Å². The highest BCUT2D eigenvalue weighted by Gasteiger charge is 2.05. The molecule has 0 aromatic rings. The Kier molecular flexibility index (Phi) is 5.18. The number of rotatable bonds is 2. The first-order chi connectivity index (χ1) is 8.59. The van der Waals surface area contributed by atoms with Crippen LogP contribution in [0.4, 0.5) is 0 Å². The molecule has 2 aliphatic rings. The summed E-state index contributed by atoms with van der Waals surface area (Å²) in [6.45, 7) is 1.01. The van der Waals surface area contributed by atoms with E-state index in [1.165, 1.54) is 5.70 Å². The molecule has 5 heteroatoms. The van der Waals surface area contributed by atoms with Gasteiger partial charge in [0.15, 0.2) is 0 Å². The maximum absolute atomic E-state index is 9.55. The fourth-order valence-electron chi connectivity index (χ4n) is 1.29. The van der Waals surface area contributed by atoms with E-state index in [9.17, 15) is 9.59 Å². The van der Waals surface area contributed by atoms with Crippen molar-refractivity contribution in [2.24, 2.45) is 0 Å². The van der Waals surface area contributed by atoms with Crippen molar-refractivity contribution < 1.29 is 19.8 Å². The zero-order chi connectivity index (χ0) is 13.4. The predicted molar refractivity (Wildman–Crippen MR) is 66.6 cm³/mol. The standard InChI is InChI=1S/C9H9N.C4H4O4/c1-3-7-10-8-4-2-6-9(10)5-1;5-3(6)1-2-4(7)8/h1-7H,8H2;1-2H,(H,5,6)(H,7,8)/b;2-1-. The van der Waals surface area contributed by atoms with E-state index in [2.05, 4.69) is 47.6 Å². The van der Waals surface area contributed by atoms with Gasteiger partial charge >= 0.3 is 11.9 Å². The van der Waals surface area contributed by atoms with Crippen LogP contribution in [0.5, 0.6) is 0 Å². The highest BCUT2D eigenvalue weighted by molar-refractivity contribution is 5.89. The second-order valence-corrected chi connectivity index (χ2v) is 3.38. The van der Waals surface area contributed by atoms with Gasteiger partial charge in [0.2, 0.25) is 0 Å². The molecule has 2 heterocycles. The van der Waals surface area contributed by atoms with Crippen LogP contribution in [-0.2, 0) is 9.59 Å². The van der Waals surface area contributed by atoms with Crippen LogP contribution in [0, 0.1) is 0 Å². The number of carboxylic acid groups (broad SMARTS) is 2. The molecule has 0 atom stereocenters. The zero-order valence-corrected chi connectivity index (χ0v) is 9.56. The Hall–Kier alpha value is -2.56. The highest BCUT2D eigenvalue weighted by atomic mass is 16.4. The van der Waals surface area contributed by atoms with Crippen LogP contribution in [0.2, 0.25) is 0 Å². The molecular weight excluding hydrogens is 234 g/mol. The van der Waals surface area contributed by atoms with Crippen LogP contribution in [0.1, 0.15) is 0 Å². The van der Waals surface area contributed by atoms with Gasteiger partial charge in [-0.15, -0.1) is 0 Å². The summed E-state index contributed by atoms with van der Waals surface area (Å²) in [6.07, 6.45) is 15.8. The topological polar surface area (TPSA) is 77.8 Å². The Labute approximate surface area is 104 Å². The fourth-order valence-corrected chi connectivity index (χ4v) is 1.29. The lowest BCUT2D eigenvalue weighted by Gasteiger charge is -2.23. The Morgan fingerprint density at radius 1 is 1.11 bits per heavy atom. The largest absolute Gasteiger partial charge is 0.478 e. The third kappa shape index (κ3) is 4.98. The molecule has 0 spiro atoms. The summed E-state index contributed by atoms with van der Waals surface area (Å²) in [5.41, 5.74) is 1.28. The maximum Gasteiger partial charge on any atom is 0.328 e. The second-order valence-electron chi connectivity index (χ2n) is 3.38. The molecule has 0 saturated heterocycles. The minimum absolute atomic E-state index is 0.558. The predicted octanol–water partition coefficient (Wildman–Crippen LogP) is 1.54. The van der Waals surface area contributed by atoms with Crippen LogP contribution in [0.25, 0.3) is 0 Å². The van der Waals surface area contributed by atoms with Crippen LogP contribution in [0.3, 0.4) is 0 Å². The number of allylic oxidation sites excluding steroid dienone is 5. The molecule has 18 heavy (non-hydrogen) atoms. The number of carboxylic acids is 2. The van der Waals surface area contributed by atoms with Crippen molar-refractivity contribution in [3.05, 3.63) is 60.5 Å². The van der Waals surface area contributed by atoms with Crippen molar-refractivity contribution in [2.75, 3.05) is 6.54 Å². The van der Waals surface area contributed by atoms with E-state index in [0.717, 1.165) is 6.54 Å². The molecule has 0 aliphatic carbocycles. The summed E-state index contributed by atoms with van der Waals surface area (Å²) < 4.78 is 0. The SMILES string of the molecule is C1=CCN2C=CC=CC2=C1.O=C(O)/C=C\C(=O)O. The number of carbonyl (C=O) groups is 2. The Balaban J connectivity index is 0.000000187. The normalized spacial score (nSPS) is 15.8. The molecule has 0 aromatic heterocycles. The quantitative estimate of drug-likeness (QED) is 0.724. The molecule has 2 rings (SSSR count). The summed E-state index contributed by atoms with van der Waals surface area (Å²) in [5, 5.41) is 15.6. The van der Waals surface area contributed by atoms with Crippen LogP contribution < -0.4 is 0 Å². The molecule has 0 bridgehead atoms. The minimum Gasteiger partial charge on any atom is -0.478 e. The molecule has 2 aliphatic heterocycles. The third-order valence-electron chi connectivity index (χ3n) is 2.05. The molecule has 0 unspecified atom stereocenters. The van der Waals surface area contributed by atoms with Crippen LogP contribution in [0.15, 0.2) is 60.5 Å². The van der Waals surface area contributed by atoms with Gasteiger partial charge in [-0.2, -0.15) is 0 Å². The molecular formula is C13H13NO4. The van der Waals surface area contributed by atoms with E-state index in [-0.39, 0.29) is 0 Å². The molecule has 0 amide bonds. The van der Waals surface area contributed by atoms with E-state index in [1.54, 1.807) is 0 Å². The summed E-state index contributed by atoms with van der Waals surface area (Å²) in [4.78, 5) is 21.3. The van der Waals surface area contributed by atoms with Crippen molar-refractivity contribution in [2.45, 2.75) is 0 Å². The lowest BCUT2D eigenvalue weighted by Crippen LogP contribution is -2.18. The van der Waals surface area contributed by atoms with E-state index in [1.807, 2.05) is 0 Å². The van der Waals surface area contributed by atoms with Gasteiger partial charge in [-0.05, 0) is 18.2 Å². The Bertz CT molecular complexity index is 453. The van der Waals surface area contributed by atoms with Crippen molar-refractivity contribution in [3.8, 4) is 0 Å². The molecule has 5 nitrogen and oxygen atoms in total. The number of fused-ring (bicyclic) bond motifs is 1. The lowest BCUT2D eigenvalue weighted by molar-refractivity contribution is -0.134. The lowest BCUT2D eigenvalue weighted by atomic mass is 10.2. The fraction of sp³-hybridized carbons (Fsp3) is 0.0769. The molecule has 0 radical (unpaired) electrons. The summed E-state index contributed by atoms with van der Waals surface area (Å²) in [5.74, 6) is -2.51. The maximum atomic E-state index is 9.55. The van der Waals surface area contributed by atoms with Gasteiger partial charge in [0, 0.05) is 30.6 Å². The van der Waals surface area contributed by atoms with E-state index in [0.29, 0.717) is 12.2 Å². The molecule has 94 valence electrons. The van der Waals surface area contributed by atoms with Gasteiger partial charge in [-0.3, -0.25) is 0 Å². The summed E-state index contributed by atoms with van der Waals surface area (Å²) >= 11 is 0. The average Bonchev–Trinajstić information content (AvgIpc) is 2.37. The van der Waals surface area contributed by atoms with Crippen LogP contribution in [-0.4, -0.2) is 33.6 Å². The average molecular weight is 247 g/mol. The van der Waals surface area contributed by atoms with Gasteiger partial charge in [-0.1, -0.05) is 18.2 Å². The molecule has 2 N–H and O–H groups in total. The first kappa shape index (κ1) is 13.5. The first-order valence-corrected chi connectivity index (χ1v) is 5.22. The van der Waals surface area contributed by atoms with Crippen molar-refractivity contribution in [1.82, 2.24) is 4.90 Å².